The lowest BCUT2D eigenvalue weighted by atomic mass is 9.98. The number of hydrogen-bond donors (Lipinski definition) is 1. The average molecular weight is 783 g/mol. The van der Waals surface area contributed by atoms with Gasteiger partial charge >= 0.3 is 0 Å². The highest BCUT2D eigenvalue weighted by atomic mass is 35.5. The van der Waals surface area contributed by atoms with Crippen molar-refractivity contribution in [3.63, 3.8) is 0 Å². The van der Waals surface area contributed by atoms with E-state index < -0.39 is 23.8 Å². The van der Waals surface area contributed by atoms with E-state index in [0.29, 0.717) is 16.1 Å². The Morgan fingerprint density at radius 2 is 1.65 bits per heavy atom. The van der Waals surface area contributed by atoms with Crippen molar-refractivity contribution < 1.29 is 19.2 Å². The van der Waals surface area contributed by atoms with Gasteiger partial charge in [0.2, 0.25) is 11.8 Å². The van der Waals surface area contributed by atoms with Gasteiger partial charge in [-0.3, -0.25) is 43.9 Å². The van der Waals surface area contributed by atoms with Crippen LogP contribution in [0.4, 0.5) is 5.69 Å². The van der Waals surface area contributed by atoms with Gasteiger partial charge in [0.25, 0.3) is 11.8 Å². The van der Waals surface area contributed by atoms with Gasteiger partial charge in [0.1, 0.15) is 17.4 Å². The quantitative estimate of drug-likeness (QED) is 0.132. The molecule has 1 atom stereocenters. The molecule has 13 heteroatoms. The largest absolute Gasteiger partial charge is 0.368 e. The van der Waals surface area contributed by atoms with Crippen LogP contribution in [0, 0.1) is 18.8 Å². The number of unbranched alkanes of at least 4 members (excludes halogenated alkanes) is 4. The lowest BCUT2D eigenvalue weighted by Crippen LogP contribution is -2.54. The number of carbonyl (C=O) groups excluding carboxylic acids is 4. The molecule has 0 bridgehead atoms. The van der Waals surface area contributed by atoms with Gasteiger partial charge in [-0.1, -0.05) is 54.5 Å². The molecule has 4 amide bonds. The molecule has 1 aliphatic carbocycles. The molecule has 4 aromatic rings. The summed E-state index contributed by atoms with van der Waals surface area (Å²) in [5.74, 6) is 6.66. The third kappa shape index (κ3) is 6.93. The second-order valence-electron chi connectivity index (χ2n) is 15.6. The third-order valence-corrected chi connectivity index (χ3v) is 12.1. The van der Waals surface area contributed by atoms with Gasteiger partial charge in [-0.2, -0.15) is 0 Å². The molecule has 1 spiro atoms. The van der Waals surface area contributed by atoms with Crippen LogP contribution in [0.2, 0.25) is 5.02 Å². The number of nitrogens with one attached hydrogen (secondary N) is 1. The van der Waals surface area contributed by atoms with E-state index in [4.69, 9.17) is 16.6 Å². The van der Waals surface area contributed by atoms with E-state index in [1.54, 1.807) is 12.1 Å². The first-order valence-corrected chi connectivity index (χ1v) is 20.3. The SMILES string of the molecule is Cc1nnc2n1-c1ccc(C#CCCCCCCN3CCN(c4cccc5c4C(=O)N(C4CCC(=O)NC4=O)C5=O)CC3)cc1C(c1ccc(Cl)cc1)=NC21CC1. The van der Waals surface area contributed by atoms with E-state index in [1.807, 2.05) is 37.3 Å². The number of aryl methyl sites for hydroxylation is 1. The number of rotatable bonds is 9. The number of halogens is 1. The molecule has 5 heterocycles. The second kappa shape index (κ2) is 15.0. The summed E-state index contributed by atoms with van der Waals surface area (Å²) in [5, 5.41) is 12.0. The van der Waals surface area contributed by atoms with Crippen LogP contribution in [0.5, 0.6) is 0 Å². The topological polar surface area (TPSA) is 133 Å². The summed E-state index contributed by atoms with van der Waals surface area (Å²) >= 11 is 6.26. The Morgan fingerprint density at radius 1 is 0.860 bits per heavy atom. The zero-order valence-electron chi connectivity index (χ0n) is 31.9. The molecule has 3 fully saturated rings. The minimum atomic E-state index is -0.971. The minimum absolute atomic E-state index is 0.0974. The molecule has 12 nitrogen and oxygen atoms in total. The maximum Gasteiger partial charge on any atom is 0.264 e. The average Bonchev–Trinajstić information content (AvgIpc) is 3.85. The van der Waals surface area contributed by atoms with Gasteiger partial charge in [-0.05, 0) is 88.0 Å². The smallest absolute Gasteiger partial charge is 0.264 e. The number of amides is 4. The van der Waals surface area contributed by atoms with Gasteiger partial charge in [0.05, 0.1) is 28.2 Å². The van der Waals surface area contributed by atoms with Gasteiger partial charge in [0, 0.05) is 60.7 Å². The summed E-state index contributed by atoms with van der Waals surface area (Å²) in [4.78, 5) is 62.1. The molecule has 290 valence electrons. The van der Waals surface area contributed by atoms with E-state index >= 15 is 0 Å². The van der Waals surface area contributed by atoms with Crippen LogP contribution in [-0.2, 0) is 15.1 Å². The number of imide groups is 2. The maximum absolute atomic E-state index is 13.6. The van der Waals surface area contributed by atoms with Crippen molar-refractivity contribution in [3.8, 4) is 17.5 Å². The second-order valence-corrected chi connectivity index (χ2v) is 16.0. The van der Waals surface area contributed by atoms with Crippen LogP contribution in [0.25, 0.3) is 5.69 Å². The Kier molecular flexibility index (Phi) is 9.75. The monoisotopic (exact) mass is 782 g/mol. The summed E-state index contributed by atoms with van der Waals surface area (Å²) < 4.78 is 2.16. The Morgan fingerprint density at radius 3 is 2.42 bits per heavy atom. The first-order valence-electron chi connectivity index (χ1n) is 19.9. The number of fused-ring (bicyclic) bond motifs is 5. The Hall–Kier alpha value is -5.64. The number of benzene rings is 3. The molecule has 9 rings (SSSR count). The lowest BCUT2D eigenvalue weighted by molar-refractivity contribution is -0.136. The van der Waals surface area contributed by atoms with Crippen molar-refractivity contribution in [1.82, 2.24) is 29.9 Å². The number of hydrogen-bond acceptors (Lipinski definition) is 9. The fourth-order valence-electron chi connectivity index (χ4n) is 8.60. The highest BCUT2D eigenvalue weighted by Gasteiger charge is 2.51. The number of aliphatic imine (C=N–C) groups is 1. The molecule has 1 saturated carbocycles. The molecular formula is C44H43ClN8O4. The van der Waals surface area contributed by atoms with Crippen molar-refractivity contribution in [3.05, 3.63) is 105 Å². The molecule has 57 heavy (non-hydrogen) atoms. The standard InChI is InChI=1S/C44H43ClN8O4/c1-28-48-49-43-44(20-21-44)47-39(30-13-15-31(45)16-14-30)33-27-29(12-17-34(33)52(28)43)9-6-4-2-3-5-7-22-50-23-25-51(26-24-50)35-11-8-10-32-38(35)42(57)53(41(32)56)36-18-19-37(54)46-40(36)55/h8,10-17,27,36H,2-5,7,18-26H2,1H3,(H,46,54,55). The van der Waals surface area contributed by atoms with E-state index in [1.165, 1.54) is 0 Å². The van der Waals surface area contributed by atoms with Crippen molar-refractivity contribution in [2.45, 2.75) is 76.3 Å². The van der Waals surface area contributed by atoms with Gasteiger partial charge < -0.3 is 4.90 Å². The van der Waals surface area contributed by atoms with E-state index in [9.17, 15) is 19.2 Å². The van der Waals surface area contributed by atoms with E-state index in [2.05, 4.69) is 59.9 Å². The number of piperazine rings is 1. The van der Waals surface area contributed by atoms with Crippen LogP contribution in [0.15, 0.2) is 65.7 Å². The number of aromatic nitrogens is 3. The predicted octanol–water partition coefficient (Wildman–Crippen LogP) is 5.59. The zero-order valence-corrected chi connectivity index (χ0v) is 32.6. The summed E-state index contributed by atoms with van der Waals surface area (Å²) in [6.45, 7) is 6.20. The van der Waals surface area contributed by atoms with Crippen LogP contribution >= 0.6 is 11.6 Å². The van der Waals surface area contributed by atoms with E-state index in [-0.39, 0.29) is 24.3 Å². The van der Waals surface area contributed by atoms with Crippen molar-refractivity contribution in [2.75, 3.05) is 37.6 Å². The normalized spacial score (nSPS) is 19.7. The molecule has 0 radical (unpaired) electrons. The minimum Gasteiger partial charge on any atom is -0.368 e. The van der Waals surface area contributed by atoms with Crippen molar-refractivity contribution in [2.24, 2.45) is 4.99 Å². The molecule has 1 aromatic heterocycles. The van der Waals surface area contributed by atoms with Gasteiger partial charge in [-0.25, -0.2) is 0 Å². The summed E-state index contributed by atoms with van der Waals surface area (Å²) in [6.07, 6.45) is 7.33. The van der Waals surface area contributed by atoms with Crippen LogP contribution in [-0.4, -0.2) is 92.7 Å². The fraction of sp³-hybridized carbons (Fsp3) is 0.386. The summed E-state index contributed by atoms with van der Waals surface area (Å²) in [7, 11) is 0. The van der Waals surface area contributed by atoms with Gasteiger partial charge in [0.15, 0.2) is 5.82 Å². The molecule has 3 aromatic carbocycles. The highest BCUT2D eigenvalue weighted by molar-refractivity contribution is 6.30. The Balaban J connectivity index is 0.767. The molecule has 1 unspecified atom stereocenters. The van der Waals surface area contributed by atoms with Crippen molar-refractivity contribution in [1.29, 1.82) is 0 Å². The molecule has 5 aliphatic rings. The maximum atomic E-state index is 13.6. The van der Waals surface area contributed by atoms with Crippen LogP contribution in [0.1, 0.15) is 107 Å². The highest BCUT2D eigenvalue weighted by Crippen LogP contribution is 2.51. The molecule has 1 N–H and O–H groups in total. The number of piperidine rings is 1. The predicted molar refractivity (Wildman–Crippen MR) is 216 cm³/mol. The third-order valence-electron chi connectivity index (χ3n) is 11.8. The fourth-order valence-corrected chi connectivity index (χ4v) is 8.72. The molecular weight excluding hydrogens is 740 g/mol. The first kappa shape index (κ1) is 37.0. The van der Waals surface area contributed by atoms with Crippen LogP contribution < -0.4 is 10.2 Å². The van der Waals surface area contributed by atoms with Gasteiger partial charge in [-0.15, -0.1) is 10.2 Å². The van der Waals surface area contributed by atoms with Crippen LogP contribution in [0.3, 0.4) is 0 Å². The summed E-state index contributed by atoms with van der Waals surface area (Å²) in [6, 6.07) is 18.6. The number of carbonyl (C=O) groups is 4. The zero-order chi connectivity index (χ0) is 39.3. The molecule has 2 saturated heterocycles. The summed E-state index contributed by atoms with van der Waals surface area (Å²) in [5.41, 5.74) is 5.99. The van der Waals surface area contributed by atoms with E-state index in [0.717, 1.165) is 128 Å². The van der Waals surface area contributed by atoms with Crippen molar-refractivity contribution >= 4 is 46.6 Å². The first-order chi connectivity index (χ1) is 27.7. The number of anilines is 1. The number of nitrogens with zero attached hydrogens (tertiary/aromatic N) is 7. The Labute approximate surface area is 336 Å². The molecule has 4 aliphatic heterocycles. The lowest BCUT2D eigenvalue weighted by Gasteiger charge is -2.36. The Bertz CT molecular complexity index is 2400.